The van der Waals surface area contributed by atoms with Gasteiger partial charge >= 0.3 is 19.5 Å². The molecule has 0 atom stereocenters. The number of nitrogens with one attached hydrogen (secondary N) is 1. The summed E-state index contributed by atoms with van der Waals surface area (Å²) in [7, 11) is 5.10. The quantitative estimate of drug-likeness (QED) is 0.0210. The number of halogens is 8. The molecule has 23 aromatic rings. The van der Waals surface area contributed by atoms with E-state index in [9.17, 15) is 46.0 Å². The molecule has 7 heterocycles. The number of methoxy groups -OCH3 is 4. The molecule has 0 fully saturated rings. The summed E-state index contributed by atoms with van der Waals surface area (Å²) in [5.74, 6) is 3.84. The summed E-state index contributed by atoms with van der Waals surface area (Å²) < 4.78 is 99.2. The van der Waals surface area contributed by atoms with E-state index in [1.54, 1.807) is 65.0 Å². The molecular formula is C113H90BBr2F6N9O12. The summed E-state index contributed by atoms with van der Waals surface area (Å²) >= 11 is 3.23. The second-order valence-electron chi connectivity index (χ2n) is 31.9. The molecule has 718 valence electrons. The van der Waals surface area contributed by atoms with E-state index in [1.807, 2.05) is 91.3 Å². The number of carbonyl (C=O) groups is 4. The highest BCUT2D eigenvalue weighted by molar-refractivity contribution is 9.10. The molecule has 0 bridgehead atoms. The summed E-state index contributed by atoms with van der Waals surface area (Å²) in [6.07, 6.45) is -5.88. The topological polar surface area (TPSA) is 298 Å². The van der Waals surface area contributed by atoms with Crippen molar-refractivity contribution in [3.63, 3.8) is 0 Å². The number of imidazole rings is 2. The highest BCUT2D eigenvalue weighted by Crippen LogP contribution is 2.45. The molecule has 7 aromatic heterocycles. The van der Waals surface area contributed by atoms with E-state index >= 15 is 0 Å². The van der Waals surface area contributed by atoms with E-state index in [2.05, 4.69) is 303 Å². The van der Waals surface area contributed by atoms with Gasteiger partial charge in [0.15, 0.2) is 25.1 Å². The Morgan fingerprint density at radius 2 is 0.748 bits per heavy atom. The third kappa shape index (κ3) is 21.0. The van der Waals surface area contributed by atoms with Crippen LogP contribution in [-0.2, 0) is 9.59 Å². The molecule has 0 spiro atoms. The standard InChI is InChI=1S/C28H19N3O.C28H21N3O.C26H19NO2.C18H14BNO2.C8H7BrO2.C3H2F6O.C2H2O2.BrH.H3N.H2O/c1-32-19-11-12-20-21-13-14-25-26(27(21)30-16-15-29-28(30)23(20)17-19)22-9-5-6-10-24(22)31(25)18-7-3-2-4-8-18;1-32-21-12-13-22(25(18-21)28-29-15-16-30-28)19-11-14-27-24(17-19)23-9-5-6-10-26(23)31(27)20-7-3-2-4-8-20;1-29-21-12-13-22(19(15-21)17-28)18-11-14-26-24(16-18)23-9-5-6-10-25(23)27(26)20-7-3-2-4-8-20;21-19(22)13-10-11-18-16(12-13)15-8-4-5-9-17(15)20(18)14-6-2-1-3-7-14;1-11-7-2-3-8(9)6(4-7)5-10;4-2(5,6)1(10)3(7,8)9;3-1-2-4;;;/h2-17H,1H3;2-18H,1H3,(H,29,30);2-17H,1H3;1-12,21-22H;2-5H,1H3;1,10H;1-2H;1H;1H3;1H2. The smallest absolute Gasteiger partial charge is 0.488 e. The second-order valence-corrected chi connectivity index (χ2v) is 32.8. The zero-order valence-corrected chi connectivity index (χ0v) is 80.1. The Labute approximate surface area is 833 Å². The number of aromatic nitrogens is 8. The number of fused-ring (bicyclic) bond motifs is 19. The fraction of sp³-hybridized carbons (Fsp3) is 0.0619. The maximum absolute atomic E-state index is 11.7. The van der Waals surface area contributed by atoms with Gasteiger partial charge in [-0.05, 0) is 215 Å². The van der Waals surface area contributed by atoms with Gasteiger partial charge < -0.3 is 69.0 Å². The number of para-hydroxylation sites is 8. The minimum atomic E-state index is -5.63. The number of hydrogen-bond acceptors (Lipinski definition) is 14. The van der Waals surface area contributed by atoms with Crippen LogP contribution in [-0.4, -0.2) is 137 Å². The number of aromatic amines is 1. The summed E-state index contributed by atoms with van der Waals surface area (Å²) in [5.41, 5.74) is 22.8. The number of pyridine rings is 1. The lowest BCUT2D eigenvalue weighted by Gasteiger charge is -2.16. The van der Waals surface area contributed by atoms with Gasteiger partial charge in [-0.2, -0.15) is 26.3 Å². The van der Waals surface area contributed by atoms with Crippen LogP contribution in [0.1, 0.15) is 20.7 Å². The first-order valence-electron chi connectivity index (χ1n) is 43.9. The first kappa shape index (κ1) is 102. The van der Waals surface area contributed by atoms with E-state index in [-0.39, 0.29) is 41.2 Å². The van der Waals surface area contributed by atoms with Gasteiger partial charge in [-0.3, -0.25) is 23.6 Å². The number of aliphatic hydroxyl groups is 1. The van der Waals surface area contributed by atoms with Crippen molar-refractivity contribution in [3.8, 4) is 79.4 Å². The first-order chi connectivity index (χ1) is 68.1. The number of rotatable bonds is 15. The Bertz CT molecular complexity index is 8460. The van der Waals surface area contributed by atoms with E-state index < -0.39 is 25.6 Å². The molecule has 0 saturated carbocycles. The van der Waals surface area contributed by atoms with Crippen LogP contribution < -0.4 is 30.6 Å². The summed E-state index contributed by atoms with van der Waals surface area (Å²) in [6.45, 7) is 0. The normalized spacial score (nSPS) is 11.0. The van der Waals surface area contributed by atoms with Gasteiger partial charge in [0, 0.05) is 123 Å². The Hall–Kier alpha value is -16.6. The first-order valence-corrected chi connectivity index (χ1v) is 44.6. The van der Waals surface area contributed by atoms with Crippen molar-refractivity contribution < 1.29 is 85.1 Å². The molecule has 30 heteroatoms. The monoisotopic (exact) mass is 2050 g/mol. The van der Waals surface area contributed by atoms with E-state index in [0.717, 1.165) is 134 Å². The van der Waals surface area contributed by atoms with Crippen LogP contribution in [0.25, 0.3) is 171 Å². The largest absolute Gasteiger partial charge is 0.497 e. The Balaban J connectivity index is 0.000000140. The van der Waals surface area contributed by atoms with Gasteiger partial charge in [-0.15, -0.1) is 17.0 Å². The van der Waals surface area contributed by atoms with Crippen molar-refractivity contribution >= 4 is 185 Å². The van der Waals surface area contributed by atoms with E-state index in [4.69, 9.17) is 38.6 Å². The average Bonchev–Trinajstić information content (AvgIpc) is 1.54. The molecule has 23 rings (SSSR count). The lowest BCUT2D eigenvalue weighted by Crippen LogP contribution is -2.41. The van der Waals surface area contributed by atoms with Crippen molar-refractivity contribution in [2.45, 2.75) is 18.5 Å². The molecule has 0 aliphatic heterocycles. The van der Waals surface area contributed by atoms with Crippen LogP contribution in [0.4, 0.5) is 26.3 Å². The van der Waals surface area contributed by atoms with Crippen molar-refractivity contribution in [2.75, 3.05) is 28.4 Å². The maximum atomic E-state index is 11.7. The lowest BCUT2D eigenvalue weighted by molar-refractivity contribution is -0.308. The Morgan fingerprint density at radius 1 is 0.371 bits per heavy atom. The van der Waals surface area contributed by atoms with Gasteiger partial charge in [0.2, 0.25) is 6.10 Å². The fourth-order valence-corrected chi connectivity index (χ4v) is 17.9. The number of H-pyrrole nitrogens is 1. The van der Waals surface area contributed by atoms with Crippen molar-refractivity contribution in [2.24, 2.45) is 0 Å². The number of benzene rings is 16. The lowest BCUT2D eigenvalue weighted by atomic mass is 9.80. The van der Waals surface area contributed by atoms with Gasteiger partial charge in [0.25, 0.3) is 0 Å². The minimum absolute atomic E-state index is 0. The molecule has 0 radical (unpaired) electrons. The second kappa shape index (κ2) is 45.1. The third-order valence-corrected chi connectivity index (χ3v) is 24.6. The van der Waals surface area contributed by atoms with Crippen LogP contribution in [0.5, 0.6) is 23.0 Å². The molecule has 0 aliphatic carbocycles. The maximum Gasteiger partial charge on any atom is 0.488 e. The zero-order valence-electron chi connectivity index (χ0n) is 76.8. The van der Waals surface area contributed by atoms with Gasteiger partial charge in [-0.1, -0.05) is 192 Å². The van der Waals surface area contributed by atoms with Crippen LogP contribution in [0.15, 0.2) is 387 Å². The highest BCUT2D eigenvalue weighted by Gasteiger charge is 2.56. The molecule has 0 amide bonds. The summed E-state index contributed by atoms with van der Waals surface area (Å²) in [4.78, 5) is 52.1. The number of aliphatic hydroxyl groups excluding tert-OH is 1. The Morgan fingerprint density at radius 3 is 1.19 bits per heavy atom. The number of carbonyl (C=O) groups excluding carboxylic acids is 4. The predicted molar refractivity (Wildman–Crippen MR) is 565 cm³/mol. The van der Waals surface area contributed by atoms with Crippen LogP contribution in [0, 0.1) is 0 Å². The van der Waals surface area contributed by atoms with Crippen LogP contribution in [0.3, 0.4) is 0 Å². The van der Waals surface area contributed by atoms with Gasteiger partial charge in [0.05, 0.1) is 78.1 Å². The molecule has 0 saturated heterocycles. The molecule has 0 aliphatic rings. The minimum Gasteiger partial charge on any atom is -0.497 e. The zero-order chi connectivity index (χ0) is 97.9. The number of alkyl halides is 6. The van der Waals surface area contributed by atoms with E-state index in [0.29, 0.717) is 28.1 Å². The molecule has 21 nitrogen and oxygen atoms in total. The molecular weight excluding hydrogens is 1960 g/mol. The van der Waals surface area contributed by atoms with Crippen molar-refractivity contribution in [3.05, 3.63) is 398 Å². The van der Waals surface area contributed by atoms with Gasteiger partial charge in [0.1, 0.15) is 34.5 Å². The average molecular weight is 2050 g/mol. The fourth-order valence-electron chi connectivity index (χ4n) is 17.6. The number of ether oxygens (including phenoxy) is 4. The molecule has 9 N–H and O–H groups in total. The Kier molecular flexibility index (Phi) is 32.3. The third-order valence-electron chi connectivity index (χ3n) is 23.8. The van der Waals surface area contributed by atoms with Crippen LogP contribution in [0.2, 0.25) is 0 Å². The predicted octanol–water partition coefficient (Wildman–Crippen LogP) is 25.4. The molecule has 16 aromatic carbocycles. The highest BCUT2D eigenvalue weighted by atomic mass is 79.9. The summed E-state index contributed by atoms with van der Waals surface area (Å²) in [6, 6.07) is 122. The SMILES string of the molecule is Br.COc1ccc(-c2ccc3c(c2)c2ccccc2n3-c2ccccc2)c(-c2ncc[nH]2)c1.COc1ccc(-c2ccc3c(c2)c2ccccc2n3-c2ccccc2)c(C=O)c1.COc1ccc(Br)c(C=O)c1.COc1ccc2c(c1)c1nccn1c1c2ccc2c1c1ccccc1n2-c1ccccc1.N.O.O=CC=O.OB(O)c1ccc2c(c1)c1ccccc1n2-c1ccccc1.OC(C(F)(F)F)C(F)(F)F. The molecule has 0 unspecified atom stereocenters. The number of aldehydes is 4. The number of hydrogen-bond donors (Lipinski definition) is 5. The van der Waals surface area contributed by atoms with Crippen LogP contribution >= 0.6 is 32.9 Å². The van der Waals surface area contributed by atoms with E-state index in [1.165, 1.54) is 65.3 Å². The van der Waals surface area contributed by atoms with Gasteiger partial charge in [-0.25, -0.2) is 9.97 Å². The van der Waals surface area contributed by atoms with Crippen molar-refractivity contribution in [1.29, 1.82) is 0 Å². The summed E-state index contributed by atoms with van der Waals surface area (Å²) in [5, 5.41) is 39.2. The number of nitrogens with zero attached hydrogens (tertiary/aromatic N) is 7. The van der Waals surface area contributed by atoms with Crippen molar-refractivity contribution in [1.82, 2.24) is 43.8 Å². The molecule has 143 heavy (non-hydrogen) atoms.